The van der Waals surface area contributed by atoms with Crippen LogP contribution in [0.15, 0.2) is 41.5 Å². The summed E-state index contributed by atoms with van der Waals surface area (Å²) in [6.45, 7) is 8.73. The van der Waals surface area contributed by atoms with Crippen molar-refractivity contribution in [1.29, 1.82) is 0 Å². The van der Waals surface area contributed by atoms with Crippen LogP contribution in [-0.4, -0.2) is 24.7 Å². The van der Waals surface area contributed by atoms with Crippen molar-refractivity contribution in [2.24, 2.45) is 5.10 Å². The molecule has 1 aliphatic heterocycles. The first-order valence-electron chi connectivity index (χ1n) is 9.16. The number of benzene rings is 2. The largest absolute Gasteiger partial charge is 0.369 e. The van der Waals surface area contributed by atoms with E-state index in [0.29, 0.717) is 16.5 Å². The molecular weight excluding hydrogens is 358 g/mol. The summed E-state index contributed by atoms with van der Waals surface area (Å²) in [7, 11) is 2.14. The molecule has 2 aromatic carbocycles. The van der Waals surface area contributed by atoms with E-state index >= 15 is 0 Å². The predicted octanol–water partition coefficient (Wildman–Crippen LogP) is 5.13. The number of fused-ring (bicyclic) bond motifs is 1. The van der Waals surface area contributed by atoms with Gasteiger partial charge < -0.3 is 4.90 Å². The number of hydrogen-bond donors (Lipinski definition) is 1. The van der Waals surface area contributed by atoms with E-state index in [0.717, 1.165) is 17.5 Å². The molecule has 1 aliphatic rings. The van der Waals surface area contributed by atoms with Gasteiger partial charge in [0, 0.05) is 18.3 Å². The zero-order valence-electron chi connectivity index (χ0n) is 16.5. The predicted molar refractivity (Wildman–Crippen MR) is 113 cm³/mol. The van der Waals surface area contributed by atoms with E-state index in [1.165, 1.54) is 11.3 Å². The quantitative estimate of drug-likeness (QED) is 0.589. The smallest absolute Gasteiger partial charge is 0.272 e. The first kappa shape index (κ1) is 19.4. The SMILES string of the molecule is Cc1ccc(C(=O)N/N=C\c2ccc3c(c2)[C@H](C)CC(C)(C)N3C)c(Cl)c1. The molecule has 0 aliphatic carbocycles. The number of carbonyl (C=O) groups is 1. The Bertz CT molecular complexity index is 904. The summed E-state index contributed by atoms with van der Waals surface area (Å²) in [4.78, 5) is 14.6. The molecule has 0 aromatic heterocycles. The van der Waals surface area contributed by atoms with Gasteiger partial charge in [0.2, 0.25) is 0 Å². The highest BCUT2D eigenvalue weighted by Gasteiger charge is 2.33. The second kappa shape index (κ2) is 7.35. The Labute approximate surface area is 166 Å². The highest BCUT2D eigenvalue weighted by Crippen LogP contribution is 2.42. The van der Waals surface area contributed by atoms with Crippen LogP contribution in [0.4, 0.5) is 5.69 Å². The molecule has 0 saturated carbocycles. The molecule has 0 unspecified atom stereocenters. The van der Waals surface area contributed by atoms with Crippen molar-refractivity contribution in [1.82, 2.24) is 5.43 Å². The van der Waals surface area contributed by atoms with Gasteiger partial charge in [0.25, 0.3) is 5.91 Å². The Hall–Kier alpha value is -2.33. The van der Waals surface area contributed by atoms with Gasteiger partial charge in [-0.3, -0.25) is 4.79 Å². The lowest BCUT2D eigenvalue weighted by atomic mass is 9.80. The third-order valence-electron chi connectivity index (χ3n) is 5.41. The molecule has 0 bridgehead atoms. The summed E-state index contributed by atoms with van der Waals surface area (Å²) < 4.78 is 0. The van der Waals surface area contributed by atoms with Crippen molar-refractivity contribution in [3.05, 3.63) is 63.7 Å². The lowest BCUT2D eigenvalue weighted by Gasteiger charge is -2.45. The fourth-order valence-corrected chi connectivity index (χ4v) is 4.03. The Morgan fingerprint density at radius 1 is 1.30 bits per heavy atom. The van der Waals surface area contributed by atoms with E-state index in [1.807, 2.05) is 19.1 Å². The normalized spacial score (nSPS) is 18.4. The number of aryl methyl sites for hydroxylation is 1. The van der Waals surface area contributed by atoms with E-state index in [4.69, 9.17) is 11.6 Å². The van der Waals surface area contributed by atoms with Crippen molar-refractivity contribution in [3.63, 3.8) is 0 Å². The molecule has 2 aromatic rings. The maximum Gasteiger partial charge on any atom is 0.272 e. The van der Waals surface area contributed by atoms with Crippen LogP contribution in [0.1, 0.15) is 60.2 Å². The Morgan fingerprint density at radius 2 is 2.04 bits per heavy atom. The number of halogens is 1. The number of hydrogen-bond acceptors (Lipinski definition) is 3. The topological polar surface area (TPSA) is 44.7 Å². The van der Waals surface area contributed by atoms with E-state index in [-0.39, 0.29) is 11.4 Å². The minimum absolute atomic E-state index is 0.142. The fourth-order valence-electron chi connectivity index (χ4n) is 3.71. The molecule has 142 valence electrons. The molecule has 3 rings (SSSR count). The van der Waals surface area contributed by atoms with Crippen LogP contribution in [0, 0.1) is 6.92 Å². The first-order valence-corrected chi connectivity index (χ1v) is 9.54. The average molecular weight is 384 g/mol. The fraction of sp³-hybridized carbons (Fsp3) is 0.364. The van der Waals surface area contributed by atoms with E-state index in [1.54, 1.807) is 18.3 Å². The minimum Gasteiger partial charge on any atom is -0.369 e. The van der Waals surface area contributed by atoms with Crippen molar-refractivity contribution in [2.45, 2.75) is 45.6 Å². The first-order chi connectivity index (χ1) is 12.7. The molecule has 1 N–H and O–H groups in total. The molecule has 1 amide bonds. The van der Waals surface area contributed by atoms with Crippen LogP contribution in [0.2, 0.25) is 5.02 Å². The van der Waals surface area contributed by atoms with Crippen LogP contribution < -0.4 is 10.3 Å². The summed E-state index contributed by atoms with van der Waals surface area (Å²) in [5.41, 5.74) is 7.66. The maximum absolute atomic E-state index is 12.3. The zero-order chi connectivity index (χ0) is 19.8. The molecule has 0 spiro atoms. The van der Waals surface area contributed by atoms with Crippen LogP contribution in [0.3, 0.4) is 0 Å². The molecule has 1 heterocycles. The van der Waals surface area contributed by atoms with Crippen molar-refractivity contribution >= 4 is 29.4 Å². The van der Waals surface area contributed by atoms with Crippen LogP contribution in [0.5, 0.6) is 0 Å². The van der Waals surface area contributed by atoms with Crippen molar-refractivity contribution in [3.8, 4) is 0 Å². The molecule has 1 atom stereocenters. The second-order valence-electron chi connectivity index (χ2n) is 7.98. The lowest BCUT2D eigenvalue weighted by Crippen LogP contribution is -2.45. The number of nitrogens with zero attached hydrogens (tertiary/aromatic N) is 2. The number of amides is 1. The van der Waals surface area contributed by atoms with Crippen molar-refractivity contribution < 1.29 is 4.79 Å². The second-order valence-corrected chi connectivity index (χ2v) is 8.38. The Kier molecular flexibility index (Phi) is 5.29. The van der Waals surface area contributed by atoms with E-state index in [9.17, 15) is 4.79 Å². The van der Waals surface area contributed by atoms with E-state index in [2.05, 4.69) is 55.4 Å². The van der Waals surface area contributed by atoms with Gasteiger partial charge in [0.15, 0.2) is 0 Å². The van der Waals surface area contributed by atoms with Crippen LogP contribution in [0.25, 0.3) is 0 Å². The monoisotopic (exact) mass is 383 g/mol. The summed E-state index contributed by atoms with van der Waals surface area (Å²) in [5, 5.41) is 4.53. The van der Waals surface area contributed by atoms with Crippen LogP contribution in [-0.2, 0) is 0 Å². The van der Waals surface area contributed by atoms with E-state index < -0.39 is 0 Å². The summed E-state index contributed by atoms with van der Waals surface area (Å²) in [6, 6.07) is 11.6. The minimum atomic E-state index is -0.316. The molecule has 0 saturated heterocycles. The Morgan fingerprint density at radius 3 is 2.74 bits per heavy atom. The molecule has 27 heavy (non-hydrogen) atoms. The summed E-state index contributed by atoms with van der Waals surface area (Å²) in [5.74, 6) is 0.157. The van der Waals surface area contributed by atoms with Gasteiger partial charge in [-0.1, -0.05) is 30.7 Å². The van der Waals surface area contributed by atoms with Gasteiger partial charge in [-0.15, -0.1) is 0 Å². The third kappa shape index (κ3) is 4.01. The van der Waals surface area contributed by atoms with Crippen molar-refractivity contribution in [2.75, 3.05) is 11.9 Å². The molecule has 0 fully saturated rings. The molecule has 0 radical (unpaired) electrons. The van der Waals surface area contributed by atoms with Gasteiger partial charge in [0.05, 0.1) is 16.8 Å². The zero-order valence-corrected chi connectivity index (χ0v) is 17.3. The van der Waals surface area contributed by atoms with Gasteiger partial charge in [-0.2, -0.15) is 5.10 Å². The third-order valence-corrected chi connectivity index (χ3v) is 5.72. The highest BCUT2D eigenvalue weighted by molar-refractivity contribution is 6.33. The standard InChI is InChI=1S/C22H26ClN3O/c1-14-6-8-17(19(23)10-14)21(27)25-24-13-16-7-9-20-18(11-16)15(2)12-22(3,4)26(20)5/h6-11,13,15H,12H2,1-5H3,(H,25,27)/b24-13-/t15-/m1/s1. The van der Waals surface area contributed by atoms with Gasteiger partial charge >= 0.3 is 0 Å². The Balaban J connectivity index is 1.75. The highest BCUT2D eigenvalue weighted by atomic mass is 35.5. The number of carbonyl (C=O) groups excluding carboxylic acids is 1. The molecular formula is C22H26ClN3O. The van der Waals surface area contributed by atoms with Gasteiger partial charge in [-0.05, 0) is 74.1 Å². The summed E-state index contributed by atoms with van der Waals surface area (Å²) in [6.07, 6.45) is 2.77. The van der Waals surface area contributed by atoms with Gasteiger partial charge in [0.1, 0.15) is 0 Å². The number of nitrogens with one attached hydrogen (secondary N) is 1. The number of rotatable bonds is 3. The van der Waals surface area contributed by atoms with Gasteiger partial charge in [-0.25, -0.2) is 5.43 Å². The molecule has 4 nitrogen and oxygen atoms in total. The average Bonchev–Trinajstić information content (AvgIpc) is 2.59. The lowest BCUT2D eigenvalue weighted by molar-refractivity contribution is 0.0955. The number of hydrazone groups is 1. The number of anilines is 1. The van der Waals surface area contributed by atoms with Crippen LogP contribution >= 0.6 is 11.6 Å². The molecule has 5 heteroatoms. The summed E-state index contributed by atoms with van der Waals surface area (Å²) >= 11 is 6.14. The maximum atomic E-state index is 12.3.